The van der Waals surface area contributed by atoms with Crippen molar-refractivity contribution in [2.45, 2.75) is 6.42 Å². The van der Waals surface area contributed by atoms with Crippen molar-refractivity contribution in [1.29, 1.82) is 0 Å². The molecular formula is C16H24ClN3O3. The lowest BCUT2D eigenvalue weighted by molar-refractivity contribution is 0.0375. The molecule has 0 unspecified atom stereocenters. The van der Waals surface area contributed by atoms with Gasteiger partial charge < -0.3 is 20.1 Å². The second-order valence-electron chi connectivity index (χ2n) is 5.29. The largest absolute Gasteiger partial charge is 0.492 e. The van der Waals surface area contributed by atoms with Crippen molar-refractivity contribution in [2.24, 2.45) is 0 Å². The van der Waals surface area contributed by atoms with Crippen LogP contribution in [0.1, 0.15) is 6.42 Å². The molecule has 0 atom stereocenters. The molecule has 1 aliphatic heterocycles. The van der Waals surface area contributed by atoms with Gasteiger partial charge in [-0.3, -0.25) is 4.90 Å². The maximum absolute atomic E-state index is 11.6. The smallest absolute Gasteiger partial charge is 0.314 e. The fraction of sp³-hybridized carbons (Fsp3) is 0.562. The van der Waals surface area contributed by atoms with Crippen LogP contribution in [-0.4, -0.2) is 63.5 Å². The Morgan fingerprint density at radius 2 is 1.87 bits per heavy atom. The standard InChI is InChI=1S/C16H24ClN3O3/c17-14-2-4-15(5-3-14)23-11-7-19-16(21)18-6-1-8-20-9-12-22-13-10-20/h2-5H,1,6-13H2,(H2,18,19,21). The molecule has 2 amide bonds. The highest BCUT2D eigenvalue weighted by Gasteiger charge is 2.09. The molecule has 23 heavy (non-hydrogen) atoms. The van der Waals surface area contributed by atoms with Crippen molar-refractivity contribution in [1.82, 2.24) is 15.5 Å². The van der Waals surface area contributed by atoms with Gasteiger partial charge in [-0.25, -0.2) is 4.79 Å². The van der Waals surface area contributed by atoms with Gasteiger partial charge in [0.2, 0.25) is 0 Å². The number of hydrogen-bond donors (Lipinski definition) is 2. The van der Waals surface area contributed by atoms with E-state index in [1.54, 1.807) is 24.3 Å². The van der Waals surface area contributed by atoms with Crippen LogP contribution in [0.5, 0.6) is 5.75 Å². The fourth-order valence-corrected chi connectivity index (χ4v) is 2.38. The summed E-state index contributed by atoms with van der Waals surface area (Å²) < 4.78 is 10.8. The summed E-state index contributed by atoms with van der Waals surface area (Å²) in [5.74, 6) is 0.738. The SMILES string of the molecule is O=C(NCCCN1CCOCC1)NCCOc1ccc(Cl)cc1. The Morgan fingerprint density at radius 1 is 1.17 bits per heavy atom. The molecular weight excluding hydrogens is 318 g/mol. The molecule has 1 saturated heterocycles. The topological polar surface area (TPSA) is 62.8 Å². The lowest BCUT2D eigenvalue weighted by atomic mass is 10.3. The first-order chi connectivity index (χ1) is 11.2. The molecule has 1 fully saturated rings. The number of nitrogens with zero attached hydrogens (tertiary/aromatic N) is 1. The number of nitrogens with one attached hydrogen (secondary N) is 2. The van der Waals surface area contributed by atoms with Crippen LogP contribution in [-0.2, 0) is 4.74 Å². The second kappa shape index (κ2) is 10.3. The summed E-state index contributed by atoms with van der Waals surface area (Å²) in [4.78, 5) is 14.0. The normalized spacial score (nSPS) is 15.2. The van der Waals surface area contributed by atoms with Crippen molar-refractivity contribution in [3.05, 3.63) is 29.3 Å². The number of carbonyl (C=O) groups excluding carboxylic acids is 1. The minimum absolute atomic E-state index is 0.160. The number of amides is 2. The number of carbonyl (C=O) groups is 1. The van der Waals surface area contributed by atoms with Crippen molar-refractivity contribution in [3.8, 4) is 5.75 Å². The molecule has 0 spiro atoms. The zero-order chi connectivity index (χ0) is 16.3. The van der Waals surface area contributed by atoms with Crippen molar-refractivity contribution in [3.63, 3.8) is 0 Å². The van der Waals surface area contributed by atoms with Crippen LogP contribution >= 0.6 is 11.6 Å². The number of halogens is 1. The number of hydrogen-bond acceptors (Lipinski definition) is 4. The summed E-state index contributed by atoms with van der Waals surface area (Å²) >= 11 is 5.79. The van der Waals surface area contributed by atoms with E-state index in [1.807, 2.05) is 0 Å². The van der Waals surface area contributed by atoms with E-state index in [-0.39, 0.29) is 6.03 Å². The van der Waals surface area contributed by atoms with Gasteiger partial charge in [-0.15, -0.1) is 0 Å². The van der Waals surface area contributed by atoms with Gasteiger partial charge in [0.25, 0.3) is 0 Å². The van der Waals surface area contributed by atoms with Gasteiger partial charge in [0.1, 0.15) is 12.4 Å². The van der Waals surface area contributed by atoms with E-state index < -0.39 is 0 Å². The fourth-order valence-electron chi connectivity index (χ4n) is 2.26. The van der Waals surface area contributed by atoms with Crippen LogP contribution < -0.4 is 15.4 Å². The van der Waals surface area contributed by atoms with Crippen LogP contribution in [0, 0.1) is 0 Å². The first-order valence-electron chi connectivity index (χ1n) is 7.94. The Morgan fingerprint density at radius 3 is 2.61 bits per heavy atom. The third-order valence-electron chi connectivity index (χ3n) is 3.51. The number of morpholine rings is 1. The molecule has 6 nitrogen and oxygen atoms in total. The molecule has 0 saturated carbocycles. The zero-order valence-corrected chi connectivity index (χ0v) is 14.0. The van der Waals surface area contributed by atoms with Gasteiger partial charge in [-0.1, -0.05) is 11.6 Å². The monoisotopic (exact) mass is 341 g/mol. The summed E-state index contributed by atoms with van der Waals surface area (Å²) in [7, 11) is 0. The maximum Gasteiger partial charge on any atom is 0.314 e. The number of benzene rings is 1. The quantitative estimate of drug-likeness (QED) is 0.707. The Hall–Kier alpha value is -1.50. The summed E-state index contributed by atoms with van der Waals surface area (Å²) in [5, 5.41) is 6.29. The van der Waals surface area contributed by atoms with Gasteiger partial charge in [-0.2, -0.15) is 0 Å². The van der Waals surface area contributed by atoms with Crippen molar-refractivity contribution in [2.75, 3.05) is 52.5 Å². The van der Waals surface area contributed by atoms with Gasteiger partial charge in [-0.05, 0) is 37.2 Å². The van der Waals surface area contributed by atoms with Crippen molar-refractivity contribution >= 4 is 17.6 Å². The number of rotatable bonds is 8. The summed E-state index contributed by atoms with van der Waals surface area (Å²) in [6, 6.07) is 6.98. The molecule has 1 aromatic rings. The molecule has 2 N–H and O–H groups in total. The van der Waals surface area contributed by atoms with Crippen LogP contribution in [0.3, 0.4) is 0 Å². The summed E-state index contributed by atoms with van der Waals surface area (Å²) in [6.45, 7) is 6.11. The Balaban J connectivity index is 1.46. The first-order valence-corrected chi connectivity index (χ1v) is 8.32. The molecule has 128 valence electrons. The zero-order valence-electron chi connectivity index (χ0n) is 13.2. The van der Waals surface area contributed by atoms with E-state index >= 15 is 0 Å². The molecule has 0 aromatic heterocycles. The average molecular weight is 342 g/mol. The second-order valence-corrected chi connectivity index (χ2v) is 5.73. The molecule has 1 aliphatic rings. The Bertz CT molecular complexity index is 464. The van der Waals surface area contributed by atoms with E-state index in [4.69, 9.17) is 21.1 Å². The molecule has 0 radical (unpaired) electrons. The third-order valence-corrected chi connectivity index (χ3v) is 3.76. The Labute approximate surface area is 142 Å². The highest BCUT2D eigenvalue weighted by molar-refractivity contribution is 6.30. The predicted molar refractivity (Wildman–Crippen MR) is 90.2 cm³/mol. The number of ether oxygens (including phenoxy) is 2. The Kier molecular flexibility index (Phi) is 8.00. The maximum atomic E-state index is 11.6. The van der Waals surface area contributed by atoms with Crippen LogP contribution in [0.2, 0.25) is 5.02 Å². The van der Waals surface area contributed by atoms with Crippen LogP contribution in [0.25, 0.3) is 0 Å². The molecule has 1 heterocycles. The molecule has 1 aromatic carbocycles. The molecule has 0 aliphatic carbocycles. The summed E-state index contributed by atoms with van der Waals surface area (Å²) in [5.41, 5.74) is 0. The van der Waals surface area contributed by atoms with Gasteiger partial charge in [0, 0.05) is 24.7 Å². The lowest BCUT2D eigenvalue weighted by Gasteiger charge is -2.26. The minimum Gasteiger partial charge on any atom is -0.492 e. The van der Waals surface area contributed by atoms with E-state index in [0.717, 1.165) is 45.0 Å². The minimum atomic E-state index is -0.160. The molecule has 2 rings (SSSR count). The lowest BCUT2D eigenvalue weighted by Crippen LogP contribution is -2.40. The van der Waals surface area contributed by atoms with Gasteiger partial charge in [0.05, 0.1) is 19.8 Å². The van der Waals surface area contributed by atoms with E-state index in [9.17, 15) is 4.79 Å². The summed E-state index contributed by atoms with van der Waals surface area (Å²) in [6.07, 6.45) is 0.939. The first kappa shape index (κ1) is 17.8. The highest BCUT2D eigenvalue weighted by atomic mass is 35.5. The van der Waals surface area contributed by atoms with Crippen LogP contribution in [0.4, 0.5) is 4.79 Å². The molecule has 0 bridgehead atoms. The third kappa shape index (κ3) is 7.54. The van der Waals surface area contributed by atoms with E-state index in [2.05, 4.69) is 15.5 Å². The number of urea groups is 1. The average Bonchev–Trinajstić information content (AvgIpc) is 2.58. The van der Waals surface area contributed by atoms with Crippen molar-refractivity contribution < 1.29 is 14.3 Å². The predicted octanol–water partition coefficient (Wildman–Crippen LogP) is 1.74. The highest BCUT2D eigenvalue weighted by Crippen LogP contribution is 2.14. The molecule has 7 heteroatoms. The van der Waals surface area contributed by atoms with Gasteiger partial charge >= 0.3 is 6.03 Å². The van der Waals surface area contributed by atoms with Crippen LogP contribution in [0.15, 0.2) is 24.3 Å². The van der Waals surface area contributed by atoms with E-state index in [0.29, 0.717) is 24.7 Å². The van der Waals surface area contributed by atoms with E-state index in [1.165, 1.54) is 0 Å². The van der Waals surface area contributed by atoms with Gasteiger partial charge in [0.15, 0.2) is 0 Å².